The first-order valence-electron chi connectivity index (χ1n) is 15.2. The zero-order valence-electron chi connectivity index (χ0n) is 28.1. The van der Waals surface area contributed by atoms with Crippen molar-refractivity contribution in [3.05, 3.63) is 60.0 Å². The van der Waals surface area contributed by atoms with Gasteiger partial charge in [-0.3, -0.25) is 24.0 Å². The van der Waals surface area contributed by atoms with E-state index in [0.717, 1.165) is 17.5 Å². The van der Waals surface area contributed by atoms with Crippen LogP contribution < -0.4 is 31.9 Å². The maximum Gasteiger partial charge on any atom is 0.352 e. The van der Waals surface area contributed by atoms with Gasteiger partial charge in [0.2, 0.25) is 23.5 Å². The Kier molecular flexibility index (Phi) is 11.7. The van der Waals surface area contributed by atoms with E-state index in [4.69, 9.17) is 0 Å². The molecule has 50 heavy (non-hydrogen) atoms. The van der Waals surface area contributed by atoms with E-state index in [1.165, 1.54) is 42.3 Å². The molecule has 0 saturated carbocycles. The molecular formula is C30H39N13O7. The molecule has 0 fully saturated rings. The van der Waals surface area contributed by atoms with Crippen molar-refractivity contribution in [1.29, 1.82) is 0 Å². The summed E-state index contributed by atoms with van der Waals surface area (Å²) < 4.78 is 4.02. The van der Waals surface area contributed by atoms with E-state index in [1.54, 1.807) is 24.9 Å². The summed E-state index contributed by atoms with van der Waals surface area (Å²) in [6.45, 7) is 0.535. The molecule has 5 amide bonds. The molecule has 0 spiro atoms. The number of H-pyrrole nitrogens is 1. The van der Waals surface area contributed by atoms with Gasteiger partial charge in [0, 0.05) is 52.5 Å². The van der Waals surface area contributed by atoms with Crippen LogP contribution in [0.3, 0.4) is 0 Å². The zero-order valence-corrected chi connectivity index (χ0v) is 28.1. The van der Waals surface area contributed by atoms with E-state index in [0.29, 0.717) is 18.1 Å². The number of amides is 5. The average Bonchev–Trinajstić information content (AvgIpc) is 3.84. The second-order valence-corrected chi connectivity index (χ2v) is 11.4. The van der Waals surface area contributed by atoms with Gasteiger partial charge in [-0.1, -0.05) is 0 Å². The zero-order chi connectivity index (χ0) is 36.5. The molecule has 266 valence electrons. The number of hydrogen-bond acceptors (Lipinski definition) is 10. The minimum atomic E-state index is -1.34. The van der Waals surface area contributed by atoms with Crippen LogP contribution in [0.15, 0.2) is 36.9 Å². The number of aryl methyl sites for hydroxylation is 2. The normalized spacial score (nSPS) is 10.8. The number of imidazole rings is 2. The third-order valence-electron chi connectivity index (χ3n) is 7.08. The number of aromatic carboxylic acids is 1. The molecule has 0 aliphatic heterocycles. The second kappa shape index (κ2) is 16.1. The SMILES string of the molecule is CNc1cn(C)c(C(=O)Nc2c[nH]c(C(=O)Nc3cn(C)c(C(=O)Nc4cc(C(=O)O)n(CC(=O)NCC(=O)NCCCN(C)C)c4)n3)c2)n1. The summed E-state index contributed by atoms with van der Waals surface area (Å²) in [6, 6.07) is 2.59. The summed E-state index contributed by atoms with van der Waals surface area (Å²) in [5.41, 5.74) is 0.207. The van der Waals surface area contributed by atoms with Gasteiger partial charge in [0.1, 0.15) is 23.8 Å². The Morgan fingerprint density at radius 3 is 2.08 bits per heavy atom. The van der Waals surface area contributed by atoms with Crippen molar-refractivity contribution < 1.29 is 33.9 Å². The van der Waals surface area contributed by atoms with Gasteiger partial charge in [0.05, 0.1) is 17.9 Å². The van der Waals surface area contributed by atoms with Crippen LogP contribution in [-0.4, -0.2) is 115 Å². The smallest absolute Gasteiger partial charge is 0.352 e. The molecule has 0 aliphatic rings. The number of carboxylic acid groups (broad SMARTS) is 1. The van der Waals surface area contributed by atoms with Crippen LogP contribution in [0.5, 0.6) is 0 Å². The van der Waals surface area contributed by atoms with Crippen LogP contribution in [0.2, 0.25) is 0 Å². The number of carboxylic acids is 1. The number of nitrogens with one attached hydrogen (secondary N) is 7. The highest BCUT2D eigenvalue weighted by Gasteiger charge is 2.21. The first-order valence-corrected chi connectivity index (χ1v) is 15.2. The van der Waals surface area contributed by atoms with Crippen molar-refractivity contribution in [2.24, 2.45) is 14.1 Å². The summed E-state index contributed by atoms with van der Waals surface area (Å²) in [6.07, 6.45) is 6.48. The highest BCUT2D eigenvalue weighted by atomic mass is 16.4. The lowest BCUT2D eigenvalue weighted by Gasteiger charge is -2.10. The van der Waals surface area contributed by atoms with Gasteiger partial charge in [-0.25, -0.2) is 14.8 Å². The standard InChI is InChI=1S/C30H39N13O7/c1-31-21-14-41(4)25(37-21)28(47)35-17-9-19(33-11-17)27(46)39-22-15-42(5)26(38-22)29(48)36-18-10-20(30(49)50)43(13-18)16-24(45)34-12-23(44)32-7-6-8-40(2)3/h9-11,13-15,31,33H,6-8,12,16H2,1-5H3,(H,32,44)(H,34,45)(H,35,47)(H,36,48)(H,39,46)(H,49,50). The number of carbonyl (C=O) groups is 6. The fraction of sp³-hybridized carbons (Fsp3) is 0.333. The Hall–Kier alpha value is -6.44. The molecule has 0 radical (unpaired) electrons. The molecule has 4 heterocycles. The Morgan fingerprint density at radius 2 is 1.46 bits per heavy atom. The van der Waals surface area contributed by atoms with Gasteiger partial charge in [-0.2, -0.15) is 0 Å². The topological polar surface area (TPSA) is 254 Å². The first-order chi connectivity index (χ1) is 23.7. The first kappa shape index (κ1) is 36.4. The van der Waals surface area contributed by atoms with Gasteiger partial charge in [0.25, 0.3) is 17.7 Å². The Labute approximate surface area is 285 Å². The van der Waals surface area contributed by atoms with Crippen molar-refractivity contribution in [3.63, 3.8) is 0 Å². The average molecular weight is 694 g/mol. The number of carbonyl (C=O) groups excluding carboxylic acids is 5. The monoisotopic (exact) mass is 693 g/mol. The van der Waals surface area contributed by atoms with Crippen LogP contribution in [0.4, 0.5) is 23.0 Å². The molecule has 0 bridgehead atoms. The third-order valence-corrected chi connectivity index (χ3v) is 7.08. The molecular weight excluding hydrogens is 654 g/mol. The Morgan fingerprint density at radius 1 is 0.820 bits per heavy atom. The van der Waals surface area contributed by atoms with Gasteiger partial charge in [0.15, 0.2) is 5.82 Å². The van der Waals surface area contributed by atoms with E-state index in [-0.39, 0.29) is 47.0 Å². The minimum absolute atomic E-state index is 0.0395. The molecule has 20 heteroatoms. The fourth-order valence-electron chi connectivity index (χ4n) is 4.65. The predicted octanol–water partition coefficient (Wildman–Crippen LogP) is -0.0359. The van der Waals surface area contributed by atoms with E-state index >= 15 is 0 Å². The van der Waals surface area contributed by atoms with E-state index in [9.17, 15) is 33.9 Å². The molecule has 0 unspecified atom stereocenters. The largest absolute Gasteiger partial charge is 0.477 e. The van der Waals surface area contributed by atoms with Gasteiger partial charge in [-0.05, 0) is 39.2 Å². The van der Waals surface area contributed by atoms with Crippen LogP contribution in [-0.2, 0) is 30.2 Å². The van der Waals surface area contributed by atoms with Crippen molar-refractivity contribution in [3.8, 4) is 0 Å². The molecule has 8 N–H and O–H groups in total. The van der Waals surface area contributed by atoms with E-state index in [2.05, 4.69) is 46.9 Å². The van der Waals surface area contributed by atoms with Crippen LogP contribution in [0.1, 0.15) is 48.6 Å². The summed E-state index contributed by atoms with van der Waals surface area (Å²) >= 11 is 0. The molecule has 4 rings (SSSR count). The molecule has 0 aromatic carbocycles. The summed E-state index contributed by atoms with van der Waals surface area (Å²) in [5.74, 6) is -3.55. The van der Waals surface area contributed by atoms with Crippen molar-refractivity contribution in [2.75, 3.05) is 62.0 Å². The quantitative estimate of drug-likeness (QED) is 0.0723. The maximum atomic E-state index is 13.1. The van der Waals surface area contributed by atoms with E-state index in [1.807, 2.05) is 19.0 Å². The van der Waals surface area contributed by atoms with Crippen molar-refractivity contribution in [2.45, 2.75) is 13.0 Å². The van der Waals surface area contributed by atoms with Crippen molar-refractivity contribution in [1.82, 2.24) is 44.2 Å². The number of rotatable bonds is 16. The molecule has 0 aliphatic carbocycles. The summed E-state index contributed by atoms with van der Waals surface area (Å²) in [7, 11) is 8.71. The van der Waals surface area contributed by atoms with Gasteiger partial charge < -0.3 is 60.6 Å². The molecule has 4 aromatic rings. The number of aromatic amines is 1. The number of hydrogen-bond donors (Lipinski definition) is 8. The summed E-state index contributed by atoms with van der Waals surface area (Å²) in [4.78, 5) is 87.9. The van der Waals surface area contributed by atoms with Crippen LogP contribution in [0.25, 0.3) is 0 Å². The highest BCUT2D eigenvalue weighted by Crippen LogP contribution is 2.18. The minimum Gasteiger partial charge on any atom is -0.477 e. The highest BCUT2D eigenvalue weighted by molar-refractivity contribution is 6.07. The maximum absolute atomic E-state index is 13.1. The van der Waals surface area contributed by atoms with Gasteiger partial charge >= 0.3 is 5.97 Å². The number of anilines is 4. The number of nitrogens with zero attached hydrogens (tertiary/aromatic N) is 6. The lowest BCUT2D eigenvalue weighted by molar-refractivity contribution is -0.126. The van der Waals surface area contributed by atoms with Crippen molar-refractivity contribution >= 4 is 58.5 Å². The van der Waals surface area contributed by atoms with Crippen LogP contribution in [0, 0.1) is 0 Å². The molecule has 20 nitrogen and oxygen atoms in total. The lowest BCUT2D eigenvalue weighted by atomic mass is 10.3. The predicted molar refractivity (Wildman–Crippen MR) is 181 cm³/mol. The Bertz CT molecular complexity index is 1900. The molecule has 0 saturated heterocycles. The lowest BCUT2D eigenvalue weighted by Crippen LogP contribution is -2.39. The second-order valence-electron chi connectivity index (χ2n) is 11.4. The number of aromatic nitrogens is 6. The Balaban J connectivity index is 1.32. The fourth-order valence-corrected chi connectivity index (χ4v) is 4.65. The molecule has 4 aromatic heterocycles. The van der Waals surface area contributed by atoms with E-state index < -0.39 is 36.1 Å². The van der Waals surface area contributed by atoms with Gasteiger partial charge in [-0.15, -0.1) is 0 Å². The third kappa shape index (κ3) is 9.56. The summed E-state index contributed by atoms with van der Waals surface area (Å²) in [5, 5.41) is 25.4. The molecule has 0 atom stereocenters. The van der Waals surface area contributed by atoms with Crippen LogP contribution >= 0.6 is 0 Å².